The first kappa shape index (κ1) is 14.8. The summed E-state index contributed by atoms with van der Waals surface area (Å²) in [5.74, 6) is 1.32. The molecule has 0 saturated carbocycles. The lowest BCUT2D eigenvalue weighted by Gasteiger charge is -2.23. The molecule has 0 aromatic carbocycles. The molecule has 0 radical (unpaired) electrons. The minimum Gasteiger partial charge on any atom is -0.396 e. The van der Waals surface area contributed by atoms with Crippen LogP contribution in [0.25, 0.3) is 0 Å². The number of nitrogens with one attached hydrogen (secondary N) is 1. The summed E-state index contributed by atoms with van der Waals surface area (Å²) in [5, 5.41) is 17.0. The predicted octanol–water partition coefficient (Wildman–Crippen LogP) is 2.00. The molecule has 0 amide bonds. The Labute approximate surface area is 109 Å². The van der Waals surface area contributed by atoms with Gasteiger partial charge in [-0.1, -0.05) is 20.8 Å². The van der Waals surface area contributed by atoms with Gasteiger partial charge in [0.25, 0.3) is 0 Å². The third-order valence-corrected chi connectivity index (χ3v) is 3.18. The lowest BCUT2D eigenvalue weighted by atomic mass is 10.0. The first-order valence-electron chi connectivity index (χ1n) is 6.71. The molecule has 1 unspecified atom stereocenters. The maximum atomic E-state index is 9.12. The Morgan fingerprint density at radius 3 is 2.61 bits per heavy atom. The van der Waals surface area contributed by atoms with E-state index in [4.69, 9.17) is 10.8 Å². The van der Waals surface area contributed by atoms with Crippen LogP contribution in [0.4, 0.5) is 11.5 Å². The number of anilines is 2. The van der Waals surface area contributed by atoms with Crippen molar-refractivity contribution < 1.29 is 5.11 Å². The van der Waals surface area contributed by atoms with Crippen LogP contribution < -0.4 is 11.1 Å². The largest absolute Gasteiger partial charge is 0.396 e. The van der Waals surface area contributed by atoms with Gasteiger partial charge in [0.2, 0.25) is 0 Å². The number of hydrogen-bond donors (Lipinski definition) is 3. The SMILES string of the molecule is CCCn1nc(C)c(N)c1NC(CCO)C(C)C. The second-order valence-electron chi connectivity index (χ2n) is 5.08. The second kappa shape index (κ2) is 6.64. The number of aliphatic hydroxyl groups is 1. The van der Waals surface area contributed by atoms with Gasteiger partial charge in [0.1, 0.15) is 5.82 Å². The zero-order valence-electron chi connectivity index (χ0n) is 11.9. The number of nitrogens with two attached hydrogens (primary N) is 1. The van der Waals surface area contributed by atoms with Crippen molar-refractivity contribution in [1.29, 1.82) is 0 Å². The molecule has 4 N–H and O–H groups in total. The van der Waals surface area contributed by atoms with Gasteiger partial charge in [0.15, 0.2) is 0 Å². The Morgan fingerprint density at radius 2 is 2.11 bits per heavy atom. The van der Waals surface area contributed by atoms with Gasteiger partial charge >= 0.3 is 0 Å². The van der Waals surface area contributed by atoms with Gasteiger partial charge in [0, 0.05) is 19.2 Å². The van der Waals surface area contributed by atoms with E-state index in [1.807, 2.05) is 11.6 Å². The normalized spacial score (nSPS) is 13.0. The standard InChI is InChI=1S/C13H26N4O/c1-5-7-17-13(12(14)10(4)16-17)15-11(6-8-18)9(2)3/h9,11,15,18H,5-8,14H2,1-4H3. The summed E-state index contributed by atoms with van der Waals surface area (Å²) in [4.78, 5) is 0. The van der Waals surface area contributed by atoms with Crippen molar-refractivity contribution in [3.8, 4) is 0 Å². The summed E-state index contributed by atoms with van der Waals surface area (Å²) in [6.07, 6.45) is 1.73. The zero-order chi connectivity index (χ0) is 13.7. The lowest BCUT2D eigenvalue weighted by Crippen LogP contribution is -2.28. The Hall–Kier alpha value is -1.23. The number of rotatable bonds is 7. The molecule has 0 aliphatic heterocycles. The van der Waals surface area contributed by atoms with Crippen molar-refractivity contribution in [2.45, 2.75) is 53.1 Å². The van der Waals surface area contributed by atoms with E-state index in [1.165, 1.54) is 0 Å². The Balaban J connectivity index is 2.93. The molecule has 1 heterocycles. The van der Waals surface area contributed by atoms with Crippen LogP contribution in [-0.4, -0.2) is 27.5 Å². The highest BCUT2D eigenvalue weighted by Gasteiger charge is 2.18. The Kier molecular flexibility index (Phi) is 5.47. The summed E-state index contributed by atoms with van der Waals surface area (Å²) in [5.41, 5.74) is 7.64. The molecule has 0 aliphatic carbocycles. The van der Waals surface area contributed by atoms with Crippen LogP contribution in [0, 0.1) is 12.8 Å². The van der Waals surface area contributed by atoms with Crippen LogP contribution in [0.2, 0.25) is 0 Å². The number of nitrogens with zero attached hydrogens (tertiary/aromatic N) is 2. The fraction of sp³-hybridized carbons (Fsp3) is 0.769. The van der Waals surface area contributed by atoms with E-state index in [0.29, 0.717) is 18.0 Å². The van der Waals surface area contributed by atoms with Crippen molar-refractivity contribution in [2.75, 3.05) is 17.7 Å². The van der Waals surface area contributed by atoms with Crippen molar-refractivity contribution >= 4 is 11.5 Å². The molecule has 1 aromatic rings. The lowest BCUT2D eigenvalue weighted by molar-refractivity contribution is 0.267. The number of aliphatic hydroxyl groups excluding tert-OH is 1. The number of aryl methyl sites for hydroxylation is 2. The van der Waals surface area contributed by atoms with E-state index in [-0.39, 0.29) is 12.6 Å². The van der Waals surface area contributed by atoms with Gasteiger partial charge in [-0.3, -0.25) is 0 Å². The maximum Gasteiger partial charge on any atom is 0.148 e. The molecule has 0 bridgehead atoms. The van der Waals surface area contributed by atoms with Gasteiger partial charge in [-0.2, -0.15) is 5.10 Å². The molecule has 0 fully saturated rings. The van der Waals surface area contributed by atoms with E-state index in [2.05, 4.69) is 31.2 Å². The smallest absolute Gasteiger partial charge is 0.148 e. The Morgan fingerprint density at radius 1 is 1.44 bits per heavy atom. The van der Waals surface area contributed by atoms with Crippen molar-refractivity contribution in [1.82, 2.24) is 9.78 Å². The molecule has 5 heteroatoms. The van der Waals surface area contributed by atoms with Crippen LogP contribution in [0.5, 0.6) is 0 Å². The fourth-order valence-electron chi connectivity index (χ4n) is 2.01. The molecule has 18 heavy (non-hydrogen) atoms. The first-order chi connectivity index (χ1) is 8.51. The predicted molar refractivity (Wildman–Crippen MR) is 75.6 cm³/mol. The third-order valence-electron chi connectivity index (χ3n) is 3.18. The molecule has 1 atom stereocenters. The highest BCUT2D eigenvalue weighted by Crippen LogP contribution is 2.25. The molecule has 0 aliphatic rings. The zero-order valence-corrected chi connectivity index (χ0v) is 11.9. The van der Waals surface area contributed by atoms with E-state index in [0.717, 1.165) is 24.5 Å². The van der Waals surface area contributed by atoms with Crippen LogP contribution in [-0.2, 0) is 6.54 Å². The summed E-state index contributed by atoms with van der Waals surface area (Å²) in [6, 6.07) is 0.212. The second-order valence-corrected chi connectivity index (χ2v) is 5.08. The average molecular weight is 254 g/mol. The molecule has 1 rings (SSSR count). The van der Waals surface area contributed by atoms with Crippen LogP contribution >= 0.6 is 0 Å². The molecule has 0 spiro atoms. The van der Waals surface area contributed by atoms with Crippen molar-refractivity contribution in [2.24, 2.45) is 5.92 Å². The number of hydrogen-bond acceptors (Lipinski definition) is 4. The van der Waals surface area contributed by atoms with Gasteiger partial charge in [-0.05, 0) is 25.7 Å². The van der Waals surface area contributed by atoms with Gasteiger partial charge in [-0.25, -0.2) is 4.68 Å². The highest BCUT2D eigenvalue weighted by atomic mass is 16.3. The summed E-state index contributed by atoms with van der Waals surface area (Å²) < 4.78 is 1.93. The molecule has 1 aromatic heterocycles. The number of nitrogen functional groups attached to an aromatic ring is 1. The molecular formula is C13H26N4O. The summed E-state index contributed by atoms with van der Waals surface area (Å²) in [6.45, 7) is 9.34. The average Bonchev–Trinajstić information content (AvgIpc) is 2.56. The van der Waals surface area contributed by atoms with Crippen molar-refractivity contribution in [3.05, 3.63) is 5.69 Å². The van der Waals surface area contributed by atoms with Gasteiger partial charge in [0.05, 0.1) is 11.4 Å². The van der Waals surface area contributed by atoms with Crippen LogP contribution in [0.15, 0.2) is 0 Å². The molecular weight excluding hydrogens is 228 g/mol. The topological polar surface area (TPSA) is 76.1 Å². The summed E-state index contributed by atoms with van der Waals surface area (Å²) in [7, 11) is 0. The molecule has 5 nitrogen and oxygen atoms in total. The van der Waals surface area contributed by atoms with E-state index >= 15 is 0 Å². The fourth-order valence-corrected chi connectivity index (χ4v) is 2.01. The highest BCUT2D eigenvalue weighted by molar-refractivity contribution is 5.65. The molecule has 0 saturated heterocycles. The van der Waals surface area contributed by atoms with E-state index in [1.54, 1.807) is 0 Å². The number of aromatic nitrogens is 2. The quantitative estimate of drug-likeness (QED) is 0.695. The van der Waals surface area contributed by atoms with Gasteiger partial charge < -0.3 is 16.2 Å². The third kappa shape index (κ3) is 3.38. The first-order valence-corrected chi connectivity index (χ1v) is 6.71. The summed E-state index contributed by atoms with van der Waals surface area (Å²) >= 11 is 0. The van der Waals surface area contributed by atoms with Crippen LogP contribution in [0.1, 0.15) is 39.3 Å². The van der Waals surface area contributed by atoms with E-state index in [9.17, 15) is 0 Å². The van der Waals surface area contributed by atoms with Gasteiger partial charge in [-0.15, -0.1) is 0 Å². The Bertz CT molecular complexity index is 373. The maximum absolute atomic E-state index is 9.12. The van der Waals surface area contributed by atoms with Crippen LogP contribution in [0.3, 0.4) is 0 Å². The van der Waals surface area contributed by atoms with E-state index < -0.39 is 0 Å². The monoisotopic (exact) mass is 254 g/mol. The molecule has 104 valence electrons. The minimum absolute atomic E-state index is 0.177. The minimum atomic E-state index is 0.177. The van der Waals surface area contributed by atoms with Crippen molar-refractivity contribution in [3.63, 3.8) is 0 Å².